The number of nitrogens with zero attached hydrogens (tertiary/aromatic N) is 4. The molecule has 0 unspecified atom stereocenters. The highest BCUT2D eigenvalue weighted by Crippen LogP contribution is 2.47. The van der Waals surface area contributed by atoms with E-state index in [4.69, 9.17) is 9.40 Å². The van der Waals surface area contributed by atoms with Crippen LogP contribution >= 0.6 is 0 Å². The minimum atomic E-state index is 0.129. The molecular formula is C26H26N4O. The van der Waals surface area contributed by atoms with Crippen molar-refractivity contribution < 1.29 is 4.42 Å². The molecule has 5 heteroatoms. The normalized spacial score (nSPS) is 23.3. The van der Waals surface area contributed by atoms with Gasteiger partial charge in [0.25, 0.3) is 0 Å². The third-order valence-electron chi connectivity index (χ3n) is 7.28. The van der Waals surface area contributed by atoms with Crippen molar-refractivity contribution in [3.05, 3.63) is 96.6 Å². The number of rotatable bonds is 4. The van der Waals surface area contributed by atoms with Gasteiger partial charge in [-0.2, -0.15) is 0 Å². The zero-order valence-corrected chi connectivity index (χ0v) is 17.5. The zero-order valence-electron chi connectivity index (χ0n) is 17.5. The summed E-state index contributed by atoms with van der Waals surface area (Å²) in [5.74, 6) is 2.22. The highest BCUT2D eigenvalue weighted by molar-refractivity contribution is 5.58. The van der Waals surface area contributed by atoms with Crippen molar-refractivity contribution in [3.8, 4) is 11.3 Å². The average Bonchev–Trinajstić information content (AvgIpc) is 3.54. The summed E-state index contributed by atoms with van der Waals surface area (Å²) >= 11 is 0. The van der Waals surface area contributed by atoms with E-state index in [1.54, 1.807) is 6.26 Å². The summed E-state index contributed by atoms with van der Waals surface area (Å²) in [6.07, 6.45) is 10.8. The maximum atomic E-state index is 5.72. The Hall–Kier alpha value is -3.18. The molecule has 0 bridgehead atoms. The number of fused-ring (bicyclic) bond motifs is 2. The van der Waals surface area contributed by atoms with Crippen molar-refractivity contribution in [3.63, 3.8) is 0 Å². The van der Waals surface area contributed by atoms with Gasteiger partial charge in [0.1, 0.15) is 11.6 Å². The van der Waals surface area contributed by atoms with Crippen LogP contribution in [0, 0.1) is 0 Å². The molecule has 0 N–H and O–H groups in total. The first-order chi connectivity index (χ1) is 15.3. The molecule has 0 saturated carbocycles. The lowest BCUT2D eigenvalue weighted by molar-refractivity contribution is 0.167. The number of hydrogen-bond donors (Lipinski definition) is 0. The Labute approximate surface area is 182 Å². The topological polar surface area (TPSA) is 47.1 Å². The molecule has 4 aromatic rings. The fourth-order valence-electron chi connectivity index (χ4n) is 5.72. The van der Waals surface area contributed by atoms with E-state index in [9.17, 15) is 0 Å². The molecule has 5 nitrogen and oxygen atoms in total. The zero-order chi connectivity index (χ0) is 20.7. The summed E-state index contributed by atoms with van der Waals surface area (Å²) in [7, 11) is 0. The SMILES string of the molecule is c1ccc([C@]23CCc4ncc(-c5ccncc5)n4C[C@H]2N(Cc2ccco2)CC3)cc1. The molecule has 1 aromatic carbocycles. The fraction of sp³-hybridized carbons (Fsp3) is 0.308. The predicted molar refractivity (Wildman–Crippen MR) is 119 cm³/mol. The second kappa shape index (κ2) is 7.50. The van der Waals surface area contributed by atoms with Crippen molar-refractivity contribution in [2.75, 3.05) is 6.54 Å². The molecule has 0 amide bonds. The Bertz CT molecular complexity index is 1150. The van der Waals surface area contributed by atoms with Crippen LogP contribution in [-0.2, 0) is 24.9 Å². The van der Waals surface area contributed by atoms with Crippen LogP contribution in [0.3, 0.4) is 0 Å². The van der Waals surface area contributed by atoms with E-state index < -0.39 is 0 Å². The van der Waals surface area contributed by atoms with Gasteiger partial charge in [-0.3, -0.25) is 9.88 Å². The van der Waals surface area contributed by atoms with Gasteiger partial charge >= 0.3 is 0 Å². The summed E-state index contributed by atoms with van der Waals surface area (Å²) in [6.45, 7) is 2.86. The van der Waals surface area contributed by atoms with Gasteiger partial charge in [-0.25, -0.2) is 4.98 Å². The van der Waals surface area contributed by atoms with Crippen LogP contribution in [0.4, 0.5) is 0 Å². The van der Waals surface area contributed by atoms with E-state index in [1.807, 2.05) is 24.7 Å². The molecule has 0 spiro atoms. The Morgan fingerprint density at radius 2 is 1.87 bits per heavy atom. The van der Waals surface area contributed by atoms with E-state index in [-0.39, 0.29) is 5.41 Å². The Kier molecular flexibility index (Phi) is 4.50. The number of benzene rings is 1. The Morgan fingerprint density at radius 1 is 1.00 bits per heavy atom. The summed E-state index contributed by atoms with van der Waals surface area (Å²) < 4.78 is 8.17. The van der Waals surface area contributed by atoms with Crippen LogP contribution < -0.4 is 0 Å². The number of hydrogen-bond acceptors (Lipinski definition) is 4. The van der Waals surface area contributed by atoms with Crippen LogP contribution in [0.25, 0.3) is 11.3 Å². The lowest BCUT2D eigenvalue weighted by atomic mass is 9.71. The Balaban J connectivity index is 1.43. The van der Waals surface area contributed by atoms with Gasteiger partial charge in [0.2, 0.25) is 0 Å². The maximum Gasteiger partial charge on any atom is 0.117 e. The van der Waals surface area contributed by atoms with Gasteiger partial charge < -0.3 is 8.98 Å². The van der Waals surface area contributed by atoms with Gasteiger partial charge in [-0.05, 0) is 49.2 Å². The van der Waals surface area contributed by atoms with E-state index in [0.717, 1.165) is 44.7 Å². The van der Waals surface area contributed by atoms with Crippen LogP contribution in [0.1, 0.15) is 30.0 Å². The highest BCUT2D eigenvalue weighted by Gasteiger charge is 2.50. The van der Waals surface area contributed by atoms with Crippen LogP contribution in [0.15, 0.2) is 83.9 Å². The van der Waals surface area contributed by atoms with Gasteiger partial charge in [-0.1, -0.05) is 30.3 Å². The molecule has 2 aliphatic heterocycles. The monoisotopic (exact) mass is 410 g/mol. The number of furan rings is 1. The molecule has 3 aromatic heterocycles. The molecule has 6 rings (SSSR count). The quantitative estimate of drug-likeness (QED) is 0.489. The molecule has 2 aliphatic rings. The number of imidazole rings is 1. The van der Waals surface area contributed by atoms with Crippen molar-refractivity contribution in [1.29, 1.82) is 0 Å². The molecule has 31 heavy (non-hydrogen) atoms. The number of likely N-dealkylation sites (tertiary alicyclic amines) is 1. The summed E-state index contributed by atoms with van der Waals surface area (Å²) in [6, 6.07) is 19.7. The number of aromatic nitrogens is 3. The maximum absolute atomic E-state index is 5.72. The molecule has 2 atom stereocenters. The minimum Gasteiger partial charge on any atom is -0.468 e. The van der Waals surface area contributed by atoms with Crippen LogP contribution in [-0.4, -0.2) is 32.0 Å². The molecular weight excluding hydrogens is 384 g/mol. The number of pyridine rings is 1. The molecule has 0 radical (unpaired) electrons. The standard InChI is InChI=1S/C26H26N4O/c1-2-5-21(6-3-1)26-11-8-25-28-17-23(20-9-13-27-14-10-20)30(25)19-24(26)29(15-12-26)18-22-7-4-16-31-22/h1-7,9-10,13-14,16-17,24H,8,11-12,15,18-19H2/t24-,26-/m1/s1. The average molecular weight is 411 g/mol. The van der Waals surface area contributed by atoms with Crippen LogP contribution in [0.2, 0.25) is 0 Å². The van der Waals surface area contributed by atoms with Gasteiger partial charge in [0, 0.05) is 42.4 Å². The summed E-state index contributed by atoms with van der Waals surface area (Å²) in [5.41, 5.74) is 3.95. The first-order valence-electron chi connectivity index (χ1n) is 11.1. The smallest absolute Gasteiger partial charge is 0.117 e. The molecule has 5 heterocycles. The fourth-order valence-corrected chi connectivity index (χ4v) is 5.72. The molecule has 156 valence electrons. The summed E-state index contributed by atoms with van der Waals surface area (Å²) in [4.78, 5) is 11.7. The van der Waals surface area contributed by atoms with Crippen molar-refractivity contribution in [2.45, 2.75) is 43.8 Å². The Morgan fingerprint density at radius 3 is 2.68 bits per heavy atom. The third kappa shape index (κ3) is 3.12. The van der Waals surface area contributed by atoms with Gasteiger partial charge in [0.05, 0.1) is 24.7 Å². The van der Waals surface area contributed by atoms with E-state index >= 15 is 0 Å². The highest BCUT2D eigenvalue weighted by atomic mass is 16.3. The van der Waals surface area contributed by atoms with Crippen molar-refractivity contribution >= 4 is 0 Å². The van der Waals surface area contributed by atoms with Crippen molar-refractivity contribution in [1.82, 2.24) is 19.4 Å². The van der Waals surface area contributed by atoms with Gasteiger partial charge in [0.15, 0.2) is 0 Å². The largest absolute Gasteiger partial charge is 0.468 e. The third-order valence-corrected chi connectivity index (χ3v) is 7.28. The van der Waals surface area contributed by atoms with Gasteiger partial charge in [-0.15, -0.1) is 0 Å². The number of aryl methyl sites for hydroxylation is 1. The van der Waals surface area contributed by atoms with E-state index in [2.05, 4.69) is 63.0 Å². The predicted octanol–water partition coefficient (Wildman–Crippen LogP) is 4.70. The lowest BCUT2D eigenvalue weighted by Gasteiger charge is -2.37. The molecule has 1 saturated heterocycles. The summed E-state index contributed by atoms with van der Waals surface area (Å²) in [5, 5.41) is 0. The van der Waals surface area contributed by atoms with Crippen molar-refractivity contribution in [2.24, 2.45) is 0 Å². The van der Waals surface area contributed by atoms with E-state index in [0.29, 0.717) is 6.04 Å². The first kappa shape index (κ1) is 18.6. The van der Waals surface area contributed by atoms with E-state index in [1.165, 1.54) is 22.6 Å². The lowest BCUT2D eigenvalue weighted by Crippen LogP contribution is -2.44. The first-order valence-corrected chi connectivity index (χ1v) is 11.1. The second-order valence-electron chi connectivity index (χ2n) is 8.74. The van der Waals surface area contributed by atoms with Crippen LogP contribution in [0.5, 0.6) is 0 Å². The minimum absolute atomic E-state index is 0.129. The molecule has 0 aliphatic carbocycles. The second-order valence-corrected chi connectivity index (χ2v) is 8.74. The molecule has 1 fully saturated rings.